The largest absolute Gasteiger partial charge is 0.358 e. The summed E-state index contributed by atoms with van der Waals surface area (Å²) < 4.78 is 0.781. The molecule has 0 aliphatic heterocycles. The molecule has 78 valence electrons. The Bertz CT molecular complexity index is 593. The number of pyridine rings is 1. The number of nitrogens with one attached hydrogen (secondary N) is 1. The number of hydrogen-bond donors (Lipinski definition) is 1. The Morgan fingerprint density at radius 1 is 1.13 bits per heavy atom. The molecule has 1 aromatic heterocycles. The summed E-state index contributed by atoms with van der Waals surface area (Å²) in [6, 6.07) is 4.00. The SMILES string of the molecule is Cc1cc2[nH]c(C)c(I)c(=O)c2cc1C. The van der Waals surface area contributed by atoms with Gasteiger partial charge in [0.05, 0.1) is 3.57 Å². The zero-order chi connectivity index (χ0) is 11.2. The van der Waals surface area contributed by atoms with E-state index < -0.39 is 0 Å². The number of aryl methyl sites for hydroxylation is 3. The van der Waals surface area contributed by atoms with Gasteiger partial charge in [0.25, 0.3) is 0 Å². The topological polar surface area (TPSA) is 32.9 Å². The van der Waals surface area contributed by atoms with E-state index in [1.165, 1.54) is 5.56 Å². The number of fused-ring (bicyclic) bond motifs is 1. The van der Waals surface area contributed by atoms with Crippen molar-refractivity contribution in [1.82, 2.24) is 4.98 Å². The van der Waals surface area contributed by atoms with E-state index in [9.17, 15) is 4.79 Å². The van der Waals surface area contributed by atoms with Gasteiger partial charge in [-0.15, -0.1) is 0 Å². The van der Waals surface area contributed by atoms with Crippen molar-refractivity contribution in [2.24, 2.45) is 0 Å². The summed E-state index contributed by atoms with van der Waals surface area (Å²) in [5.74, 6) is 0. The first kappa shape index (κ1) is 10.7. The van der Waals surface area contributed by atoms with Gasteiger partial charge in [0.1, 0.15) is 0 Å². The number of hydrogen-bond acceptors (Lipinski definition) is 1. The molecule has 0 atom stereocenters. The van der Waals surface area contributed by atoms with Gasteiger partial charge in [-0.25, -0.2) is 0 Å². The van der Waals surface area contributed by atoms with E-state index in [0.717, 1.165) is 25.7 Å². The summed E-state index contributed by atoms with van der Waals surface area (Å²) >= 11 is 2.09. The first-order valence-corrected chi connectivity index (χ1v) is 5.88. The number of rotatable bonds is 0. The van der Waals surface area contributed by atoms with Crippen LogP contribution in [0, 0.1) is 24.3 Å². The average molecular weight is 313 g/mol. The third kappa shape index (κ3) is 1.69. The lowest BCUT2D eigenvalue weighted by molar-refractivity contribution is 1.20. The Balaban J connectivity index is 3.00. The number of H-pyrrole nitrogens is 1. The molecule has 0 aliphatic rings. The highest BCUT2D eigenvalue weighted by Gasteiger charge is 2.07. The molecule has 1 heterocycles. The van der Waals surface area contributed by atoms with E-state index in [-0.39, 0.29) is 5.43 Å². The van der Waals surface area contributed by atoms with Gasteiger partial charge < -0.3 is 4.98 Å². The molecular formula is C12H12INO. The molecule has 1 N–H and O–H groups in total. The molecule has 0 unspecified atom stereocenters. The van der Waals surface area contributed by atoms with Gasteiger partial charge in [-0.3, -0.25) is 4.79 Å². The lowest BCUT2D eigenvalue weighted by Crippen LogP contribution is -2.10. The van der Waals surface area contributed by atoms with Crippen LogP contribution in [0.5, 0.6) is 0 Å². The van der Waals surface area contributed by atoms with Gasteiger partial charge in [-0.1, -0.05) is 0 Å². The van der Waals surface area contributed by atoms with Crippen molar-refractivity contribution in [3.8, 4) is 0 Å². The van der Waals surface area contributed by atoms with E-state index >= 15 is 0 Å². The lowest BCUT2D eigenvalue weighted by atomic mass is 10.1. The van der Waals surface area contributed by atoms with Crippen LogP contribution in [0.1, 0.15) is 16.8 Å². The maximum atomic E-state index is 12.0. The van der Waals surface area contributed by atoms with Crippen LogP contribution in [0.4, 0.5) is 0 Å². The van der Waals surface area contributed by atoms with Crippen molar-refractivity contribution in [1.29, 1.82) is 0 Å². The normalized spacial score (nSPS) is 10.9. The molecule has 0 saturated carbocycles. The van der Waals surface area contributed by atoms with Crippen molar-refractivity contribution < 1.29 is 0 Å². The van der Waals surface area contributed by atoms with Gasteiger partial charge in [0, 0.05) is 16.6 Å². The van der Waals surface area contributed by atoms with Crippen LogP contribution in [0.15, 0.2) is 16.9 Å². The summed E-state index contributed by atoms with van der Waals surface area (Å²) in [6.07, 6.45) is 0. The van der Waals surface area contributed by atoms with E-state index in [2.05, 4.69) is 34.5 Å². The van der Waals surface area contributed by atoms with Gasteiger partial charge in [-0.05, 0) is 66.6 Å². The second-order valence-corrected chi connectivity index (χ2v) is 4.95. The zero-order valence-electron chi connectivity index (χ0n) is 8.94. The summed E-state index contributed by atoms with van der Waals surface area (Å²) in [6.45, 7) is 6.01. The number of benzene rings is 1. The summed E-state index contributed by atoms with van der Waals surface area (Å²) in [4.78, 5) is 15.2. The zero-order valence-corrected chi connectivity index (χ0v) is 11.1. The minimum Gasteiger partial charge on any atom is -0.358 e. The Hall–Kier alpha value is -0.840. The number of aromatic amines is 1. The summed E-state index contributed by atoms with van der Waals surface area (Å²) in [5.41, 5.74) is 4.37. The highest BCUT2D eigenvalue weighted by molar-refractivity contribution is 14.1. The van der Waals surface area contributed by atoms with Crippen LogP contribution in [-0.4, -0.2) is 4.98 Å². The van der Waals surface area contributed by atoms with Crippen LogP contribution in [0.3, 0.4) is 0 Å². The van der Waals surface area contributed by atoms with Gasteiger partial charge >= 0.3 is 0 Å². The highest BCUT2D eigenvalue weighted by Crippen LogP contribution is 2.17. The van der Waals surface area contributed by atoms with Crippen LogP contribution >= 0.6 is 22.6 Å². The third-order valence-corrected chi connectivity index (χ3v) is 4.03. The molecule has 2 aromatic rings. The molecule has 0 spiro atoms. The van der Waals surface area contributed by atoms with Crippen LogP contribution in [-0.2, 0) is 0 Å². The van der Waals surface area contributed by atoms with Crippen molar-refractivity contribution >= 4 is 33.5 Å². The van der Waals surface area contributed by atoms with E-state index in [4.69, 9.17) is 0 Å². The molecule has 0 fully saturated rings. The molecule has 3 heteroatoms. The maximum Gasteiger partial charge on any atom is 0.202 e. The first-order chi connectivity index (χ1) is 7.00. The minimum atomic E-state index is 0.130. The second kappa shape index (κ2) is 3.63. The molecule has 0 radical (unpaired) electrons. The Morgan fingerprint density at radius 2 is 1.73 bits per heavy atom. The predicted octanol–water partition coefficient (Wildman–Crippen LogP) is 3.06. The standard InChI is InChI=1S/C12H12INO/c1-6-4-9-10(5-7(6)2)14-8(3)11(13)12(9)15/h4-5H,1-3H3,(H,14,15). The number of aromatic nitrogens is 1. The molecule has 2 rings (SSSR count). The van der Waals surface area contributed by atoms with E-state index in [0.29, 0.717) is 0 Å². The monoisotopic (exact) mass is 313 g/mol. The van der Waals surface area contributed by atoms with Crippen LogP contribution in [0.2, 0.25) is 0 Å². The number of halogens is 1. The molecule has 0 saturated heterocycles. The van der Waals surface area contributed by atoms with Crippen LogP contribution in [0.25, 0.3) is 10.9 Å². The van der Waals surface area contributed by atoms with Crippen molar-refractivity contribution in [2.75, 3.05) is 0 Å². The van der Waals surface area contributed by atoms with Gasteiger partial charge in [0.15, 0.2) is 0 Å². The Morgan fingerprint density at radius 3 is 2.40 bits per heavy atom. The molecule has 0 bridgehead atoms. The molecule has 0 aliphatic carbocycles. The molecule has 1 aromatic carbocycles. The average Bonchev–Trinajstić information content (AvgIpc) is 2.19. The lowest BCUT2D eigenvalue weighted by Gasteiger charge is -2.06. The highest BCUT2D eigenvalue weighted by atomic mass is 127. The Labute approximate surface area is 102 Å². The fourth-order valence-electron chi connectivity index (χ4n) is 1.65. The molecule has 0 amide bonds. The quantitative estimate of drug-likeness (QED) is 0.745. The maximum absolute atomic E-state index is 12.0. The predicted molar refractivity (Wildman–Crippen MR) is 71.5 cm³/mol. The minimum absolute atomic E-state index is 0.130. The first-order valence-electron chi connectivity index (χ1n) is 4.80. The summed E-state index contributed by atoms with van der Waals surface area (Å²) in [7, 11) is 0. The Kier molecular flexibility index (Phi) is 2.58. The van der Waals surface area contributed by atoms with Crippen LogP contribution < -0.4 is 5.43 Å². The molecule has 15 heavy (non-hydrogen) atoms. The fourth-order valence-corrected chi connectivity index (χ4v) is 2.08. The second-order valence-electron chi connectivity index (χ2n) is 3.88. The van der Waals surface area contributed by atoms with Gasteiger partial charge in [0.2, 0.25) is 5.43 Å². The van der Waals surface area contributed by atoms with E-state index in [1.807, 2.05) is 26.0 Å². The van der Waals surface area contributed by atoms with E-state index in [1.54, 1.807) is 0 Å². The molecule has 2 nitrogen and oxygen atoms in total. The smallest absolute Gasteiger partial charge is 0.202 e. The van der Waals surface area contributed by atoms with Gasteiger partial charge in [-0.2, -0.15) is 0 Å². The molecular weight excluding hydrogens is 301 g/mol. The van der Waals surface area contributed by atoms with Crippen molar-refractivity contribution in [2.45, 2.75) is 20.8 Å². The van der Waals surface area contributed by atoms with Crippen molar-refractivity contribution in [3.05, 3.63) is 42.7 Å². The summed E-state index contributed by atoms with van der Waals surface area (Å²) in [5, 5.41) is 0.785. The fraction of sp³-hybridized carbons (Fsp3) is 0.250. The van der Waals surface area contributed by atoms with Crippen molar-refractivity contribution in [3.63, 3.8) is 0 Å². The third-order valence-electron chi connectivity index (χ3n) is 2.73.